The largest absolute Gasteiger partial charge is 0.242 e. The minimum absolute atomic E-state index is 0.225. The third-order valence-electron chi connectivity index (χ3n) is 2.00. The van der Waals surface area contributed by atoms with Crippen LogP contribution in [0.4, 0.5) is 0 Å². The van der Waals surface area contributed by atoms with Gasteiger partial charge in [-0.2, -0.15) is 0 Å². The first-order chi connectivity index (χ1) is 5.72. The van der Waals surface area contributed by atoms with Gasteiger partial charge < -0.3 is 0 Å². The van der Waals surface area contributed by atoms with Crippen molar-refractivity contribution in [3.8, 4) is 0 Å². The van der Waals surface area contributed by atoms with E-state index < -0.39 is 10.0 Å². The highest BCUT2D eigenvalue weighted by atomic mass is 35.7. The van der Waals surface area contributed by atoms with E-state index in [0.717, 1.165) is 19.3 Å². The molecule has 0 fully saturated rings. The first kappa shape index (κ1) is 12.4. The van der Waals surface area contributed by atoms with Crippen LogP contribution in [-0.4, -0.2) is 9.46 Å². The predicted molar refractivity (Wildman–Crippen MR) is 56.8 cm³/mol. The molecule has 0 aromatic heterocycles. The van der Waals surface area contributed by atoms with Crippen molar-refractivity contribution in [2.45, 2.75) is 57.6 Å². The number of hydrogen-bond donors (Lipinski definition) is 0. The summed E-state index contributed by atoms with van der Waals surface area (Å²) < 4.78 is 11.0. The van der Waals surface area contributed by atoms with E-state index in [9.17, 15) is 4.21 Å². The molecule has 0 N–H and O–H groups in total. The molecule has 2 atom stereocenters. The van der Waals surface area contributed by atoms with Gasteiger partial charge in [-0.15, -0.1) is 0 Å². The second-order valence-corrected chi connectivity index (χ2v) is 5.23. The number of rotatable bonds is 7. The van der Waals surface area contributed by atoms with Crippen molar-refractivity contribution in [1.82, 2.24) is 0 Å². The summed E-state index contributed by atoms with van der Waals surface area (Å²) in [7, 11) is 4.44. The molecule has 0 rings (SSSR count). The Morgan fingerprint density at radius 3 is 2.25 bits per heavy atom. The smallest absolute Gasteiger partial charge is 0.118 e. The maximum atomic E-state index is 11.0. The quantitative estimate of drug-likeness (QED) is 0.463. The fourth-order valence-electron chi connectivity index (χ4n) is 1.27. The summed E-state index contributed by atoms with van der Waals surface area (Å²) in [5.41, 5.74) is 0. The maximum Gasteiger partial charge on any atom is 0.118 e. The van der Waals surface area contributed by atoms with E-state index in [2.05, 4.69) is 13.8 Å². The molecular weight excluding hydrogens is 192 g/mol. The molecule has 0 bridgehead atoms. The highest BCUT2D eigenvalue weighted by molar-refractivity contribution is 8.08. The Hall–Kier alpha value is 0.440. The van der Waals surface area contributed by atoms with Crippen LogP contribution in [0.3, 0.4) is 0 Å². The van der Waals surface area contributed by atoms with Gasteiger partial charge in [0.05, 0.1) is 0 Å². The lowest BCUT2D eigenvalue weighted by atomic mass is 10.1. The Morgan fingerprint density at radius 1 is 1.17 bits per heavy atom. The Balaban J connectivity index is 3.56. The van der Waals surface area contributed by atoms with Crippen LogP contribution in [0.25, 0.3) is 0 Å². The second-order valence-electron chi connectivity index (χ2n) is 3.15. The van der Waals surface area contributed by atoms with E-state index in [1.54, 1.807) is 0 Å². The third-order valence-corrected chi connectivity index (χ3v) is 3.75. The molecular formula is C9H19ClOS. The topological polar surface area (TPSA) is 17.1 Å². The molecule has 0 aromatic rings. The zero-order valence-electron chi connectivity index (χ0n) is 8.01. The average Bonchev–Trinajstić information content (AvgIpc) is 2.03. The van der Waals surface area contributed by atoms with Crippen LogP contribution in [0, 0.1) is 0 Å². The van der Waals surface area contributed by atoms with E-state index in [1.165, 1.54) is 19.3 Å². The molecule has 12 heavy (non-hydrogen) atoms. The van der Waals surface area contributed by atoms with Gasteiger partial charge in [-0.05, 0) is 23.5 Å². The molecule has 0 aromatic carbocycles. The fraction of sp³-hybridized carbons (Fsp3) is 1.00. The van der Waals surface area contributed by atoms with E-state index in [4.69, 9.17) is 10.7 Å². The van der Waals surface area contributed by atoms with Gasteiger partial charge in [0.15, 0.2) is 0 Å². The first-order valence-electron chi connectivity index (χ1n) is 4.79. The summed E-state index contributed by atoms with van der Waals surface area (Å²) in [4.78, 5) is 0. The summed E-state index contributed by atoms with van der Waals surface area (Å²) in [6, 6.07) is 0. The van der Waals surface area contributed by atoms with Crippen LogP contribution in [0.15, 0.2) is 0 Å². The van der Waals surface area contributed by atoms with Crippen molar-refractivity contribution >= 4 is 20.7 Å². The molecule has 0 saturated heterocycles. The average molecular weight is 211 g/mol. The minimum atomic E-state index is -1.13. The number of hydrogen-bond acceptors (Lipinski definition) is 1. The van der Waals surface area contributed by atoms with E-state index >= 15 is 0 Å². The number of unbranched alkanes of at least 4 members (excludes halogenated alkanes) is 2. The zero-order valence-corrected chi connectivity index (χ0v) is 9.59. The van der Waals surface area contributed by atoms with Crippen molar-refractivity contribution < 1.29 is 4.21 Å². The Labute approximate surface area is 82.8 Å². The van der Waals surface area contributed by atoms with Gasteiger partial charge in [0.1, 0.15) is 10.0 Å². The van der Waals surface area contributed by atoms with Crippen LogP contribution < -0.4 is 0 Å². The van der Waals surface area contributed by atoms with Crippen molar-refractivity contribution in [3.63, 3.8) is 0 Å². The van der Waals surface area contributed by atoms with Crippen molar-refractivity contribution in [2.24, 2.45) is 0 Å². The maximum absolute atomic E-state index is 11.0. The minimum Gasteiger partial charge on any atom is -0.242 e. The van der Waals surface area contributed by atoms with Gasteiger partial charge in [-0.1, -0.05) is 39.5 Å². The molecule has 0 aliphatic rings. The van der Waals surface area contributed by atoms with Crippen LogP contribution in [-0.2, 0) is 10.0 Å². The van der Waals surface area contributed by atoms with Crippen LogP contribution in [0.5, 0.6) is 0 Å². The molecule has 0 heterocycles. The first-order valence-corrected chi connectivity index (χ1v) is 6.83. The van der Waals surface area contributed by atoms with Gasteiger partial charge in [0.2, 0.25) is 0 Å². The van der Waals surface area contributed by atoms with Crippen molar-refractivity contribution in [2.75, 3.05) is 0 Å². The van der Waals surface area contributed by atoms with Crippen LogP contribution >= 0.6 is 10.7 Å². The molecule has 74 valence electrons. The highest BCUT2D eigenvalue weighted by Crippen LogP contribution is 2.16. The molecule has 1 nitrogen and oxygen atoms in total. The van der Waals surface area contributed by atoms with Gasteiger partial charge in [0.25, 0.3) is 0 Å². The molecule has 3 heteroatoms. The predicted octanol–water partition coefficient (Wildman–Crippen LogP) is 3.64. The lowest BCUT2D eigenvalue weighted by molar-refractivity contribution is 0.596. The Morgan fingerprint density at radius 2 is 1.83 bits per heavy atom. The van der Waals surface area contributed by atoms with E-state index in [0.29, 0.717) is 0 Å². The molecule has 0 aliphatic carbocycles. The zero-order chi connectivity index (χ0) is 9.40. The summed E-state index contributed by atoms with van der Waals surface area (Å²) >= 11 is 0. The van der Waals surface area contributed by atoms with Gasteiger partial charge in [-0.3, -0.25) is 0 Å². The van der Waals surface area contributed by atoms with Gasteiger partial charge in [0, 0.05) is 5.25 Å². The van der Waals surface area contributed by atoms with Crippen molar-refractivity contribution in [1.29, 1.82) is 0 Å². The lowest BCUT2D eigenvalue weighted by Gasteiger charge is -2.10. The highest BCUT2D eigenvalue weighted by Gasteiger charge is 2.12. The summed E-state index contributed by atoms with van der Waals surface area (Å²) in [6.45, 7) is 4.28. The van der Waals surface area contributed by atoms with E-state index in [-0.39, 0.29) is 5.25 Å². The van der Waals surface area contributed by atoms with Crippen LogP contribution in [0.2, 0.25) is 0 Å². The van der Waals surface area contributed by atoms with Crippen molar-refractivity contribution in [3.05, 3.63) is 0 Å². The molecule has 0 saturated carbocycles. The monoisotopic (exact) mass is 210 g/mol. The second kappa shape index (κ2) is 8.06. The molecule has 0 amide bonds. The van der Waals surface area contributed by atoms with E-state index in [1.807, 2.05) is 0 Å². The number of halogens is 1. The Kier molecular flexibility index (Phi) is 8.35. The molecule has 0 aliphatic heterocycles. The molecule has 0 spiro atoms. The van der Waals surface area contributed by atoms with Crippen LogP contribution in [0.1, 0.15) is 52.4 Å². The standard InChI is InChI=1S/C9H19ClOS/c1-3-5-6-8-9(7-4-2)12(10)11/h9H,3-8H2,1-2H3. The lowest BCUT2D eigenvalue weighted by Crippen LogP contribution is -2.10. The Bertz CT molecular complexity index is 128. The van der Waals surface area contributed by atoms with Gasteiger partial charge >= 0.3 is 0 Å². The normalized spacial score (nSPS) is 15.9. The fourth-order valence-corrected chi connectivity index (χ4v) is 2.58. The summed E-state index contributed by atoms with van der Waals surface area (Å²) in [5, 5.41) is 0.225. The SMILES string of the molecule is CCCCCC(CCC)S(=O)Cl. The summed E-state index contributed by atoms with van der Waals surface area (Å²) in [6.07, 6.45) is 6.72. The molecule has 0 radical (unpaired) electrons. The molecule has 2 unspecified atom stereocenters. The summed E-state index contributed by atoms with van der Waals surface area (Å²) in [5.74, 6) is 0. The van der Waals surface area contributed by atoms with Gasteiger partial charge in [-0.25, -0.2) is 4.21 Å². The third kappa shape index (κ3) is 6.01.